The summed E-state index contributed by atoms with van der Waals surface area (Å²) in [6.45, 7) is 2.79. The van der Waals surface area contributed by atoms with Crippen molar-refractivity contribution in [3.05, 3.63) is 71.8 Å². The Bertz CT molecular complexity index is 531. The molecule has 1 atom stereocenters. The fraction of sp³-hybridized carbons (Fsp3) is 0.235. The summed E-state index contributed by atoms with van der Waals surface area (Å²) in [5.74, 6) is -0.232. The van der Waals surface area contributed by atoms with E-state index in [0.717, 1.165) is 11.1 Å². The number of nitrogens with one attached hydrogen (secondary N) is 1. The number of ether oxygens (including phenoxy) is 1. The van der Waals surface area contributed by atoms with Crippen LogP contribution >= 0.6 is 12.4 Å². The molecule has 2 aromatic carbocycles. The van der Waals surface area contributed by atoms with Crippen molar-refractivity contribution in [2.24, 2.45) is 0 Å². The Morgan fingerprint density at radius 2 is 1.52 bits per heavy atom. The Balaban J connectivity index is 0.00000220. The molecular formula is C17H20ClNO2. The molecule has 0 spiro atoms. The molecule has 112 valence electrons. The number of hydrogen-bond donors (Lipinski definition) is 1. The Hall–Kier alpha value is -1.84. The zero-order valence-corrected chi connectivity index (χ0v) is 12.8. The minimum atomic E-state index is -0.320. The monoisotopic (exact) mass is 305 g/mol. The first kappa shape index (κ1) is 17.2. The van der Waals surface area contributed by atoms with Gasteiger partial charge in [0.05, 0.1) is 0 Å². The van der Waals surface area contributed by atoms with Crippen LogP contribution in [0.4, 0.5) is 0 Å². The van der Waals surface area contributed by atoms with Crippen LogP contribution in [0.3, 0.4) is 0 Å². The first-order chi connectivity index (χ1) is 9.75. The van der Waals surface area contributed by atoms with Gasteiger partial charge in [-0.15, -0.1) is 12.4 Å². The van der Waals surface area contributed by atoms with Crippen molar-refractivity contribution >= 4 is 18.4 Å². The van der Waals surface area contributed by atoms with E-state index >= 15 is 0 Å². The van der Waals surface area contributed by atoms with Crippen molar-refractivity contribution < 1.29 is 9.53 Å². The first-order valence-corrected chi connectivity index (χ1v) is 6.73. The lowest BCUT2D eigenvalue weighted by atomic mass is 10.2. The van der Waals surface area contributed by atoms with Gasteiger partial charge in [-0.3, -0.25) is 4.79 Å². The second-order valence-electron chi connectivity index (χ2n) is 4.68. The number of esters is 1. The van der Waals surface area contributed by atoms with Crippen molar-refractivity contribution in [1.82, 2.24) is 5.32 Å². The van der Waals surface area contributed by atoms with Gasteiger partial charge in [0.1, 0.15) is 12.6 Å². The maximum absolute atomic E-state index is 11.9. The van der Waals surface area contributed by atoms with E-state index < -0.39 is 0 Å². The molecule has 21 heavy (non-hydrogen) atoms. The minimum Gasteiger partial charge on any atom is -0.460 e. The topological polar surface area (TPSA) is 38.3 Å². The molecule has 2 rings (SSSR count). The number of benzene rings is 2. The second kappa shape index (κ2) is 9.16. The molecule has 0 bridgehead atoms. The lowest BCUT2D eigenvalue weighted by Gasteiger charge is -2.13. The van der Waals surface area contributed by atoms with Crippen LogP contribution in [-0.4, -0.2) is 12.0 Å². The third-order valence-electron chi connectivity index (χ3n) is 3.03. The number of carbonyl (C=O) groups is 1. The summed E-state index contributed by atoms with van der Waals surface area (Å²) in [6, 6.07) is 19.3. The molecule has 0 saturated carbocycles. The lowest BCUT2D eigenvalue weighted by Crippen LogP contribution is -2.34. The van der Waals surface area contributed by atoms with E-state index in [1.165, 1.54) is 0 Å². The average Bonchev–Trinajstić information content (AvgIpc) is 2.52. The Morgan fingerprint density at radius 3 is 2.10 bits per heavy atom. The van der Waals surface area contributed by atoms with E-state index in [4.69, 9.17) is 4.74 Å². The van der Waals surface area contributed by atoms with E-state index in [-0.39, 0.29) is 24.4 Å². The normalized spacial score (nSPS) is 11.3. The Morgan fingerprint density at radius 1 is 1.00 bits per heavy atom. The van der Waals surface area contributed by atoms with Crippen LogP contribution in [-0.2, 0) is 22.7 Å². The minimum absolute atomic E-state index is 0. The Labute approximate surface area is 131 Å². The third kappa shape index (κ3) is 5.98. The van der Waals surface area contributed by atoms with Crippen LogP contribution in [0.1, 0.15) is 18.1 Å². The van der Waals surface area contributed by atoms with Gasteiger partial charge in [-0.25, -0.2) is 0 Å². The zero-order valence-electron chi connectivity index (χ0n) is 12.0. The van der Waals surface area contributed by atoms with Gasteiger partial charge in [-0.1, -0.05) is 60.7 Å². The predicted molar refractivity (Wildman–Crippen MR) is 86.2 cm³/mol. The summed E-state index contributed by atoms with van der Waals surface area (Å²) in [5, 5.41) is 3.16. The van der Waals surface area contributed by atoms with E-state index in [1.54, 1.807) is 0 Å². The van der Waals surface area contributed by atoms with Gasteiger partial charge in [0.25, 0.3) is 0 Å². The summed E-state index contributed by atoms with van der Waals surface area (Å²) in [7, 11) is 0. The van der Waals surface area contributed by atoms with Crippen LogP contribution in [0.2, 0.25) is 0 Å². The Kier molecular flexibility index (Phi) is 7.51. The zero-order chi connectivity index (χ0) is 14.2. The largest absolute Gasteiger partial charge is 0.460 e. The molecule has 0 aliphatic heterocycles. The molecule has 4 heteroatoms. The number of rotatable bonds is 6. The van der Waals surface area contributed by atoms with Crippen LogP contribution in [0.5, 0.6) is 0 Å². The van der Waals surface area contributed by atoms with Crippen LogP contribution in [0.15, 0.2) is 60.7 Å². The van der Waals surface area contributed by atoms with Crippen molar-refractivity contribution in [3.63, 3.8) is 0 Å². The maximum atomic E-state index is 11.9. The van der Waals surface area contributed by atoms with Gasteiger partial charge in [0.2, 0.25) is 0 Å². The molecule has 0 heterocycles. The molecule has 0 fully saturated rings. The quantitative estimate of drug-likeness (QED) is 0.832. The molecule has 3 nitrogen and oxygen atoms in total. The highest BCUT2D eigenvalue weighted by Crippen LogP contribution is 2.03. The number of hydrogen-bond acceptors (Lipinski definition) is 3. The molecule has 1 N–H and O–H groups in total. The van der Waals surface area contributed by atoms with Crippen molar-refractivity contribution in [2.45, 2.75) is 26.1 Å². The average molecular weight is 306 g/mol. The molecule has 0 saturated heterocycles. The standard InChI is InChI=1S/C17H19NO2.ClH/c1-14(18-12-15-8-4-2-5-9-15)17(19)20-13-16-10-6-3-7-11-16;/h2-11,14,18H,12-13H2,1H3;1H/t14-;/m1./s1. The number of halogens is 1. The van der Waals surface area contributed by atoms with Crippen molar-refractivity contribution in [3.8, 4) is 0 Å². The third-order valence-corrected chi connectivity index (χ3v) is 3.03. The predicted octanol–water partition coefficient (Wildman–Crippen LogP) is 3.33. The van der Waals surface area contributed by atoms with Gasteiger partial charge < -0.3 is 10.1 Å². The van der Waals surface area contributed by atoms with Crippen LogP contribution < -0.4 is 5.32 Å². The van der Waals surface area contributed by atoms with Gasteiger partial charge in [0, 0.05) is 6.54 Å². The highest BCUT2D eigenvalue weighted by Gasteiger charge is 2.13. The van der Waals surface area contributed by atoms with Crippen LogP contribution in [0.25, 0.3) is 0 Å². The summed E-state index contributed by atoms with van der Waals surface area (Å²) >= 11 is 0. The van der Waals surface area contributed by atoms with E-state index in [1.807, 2.05) is 67.6 Å². The van der Waals surface area contributed by atoms with Gasteiger partial charge >= 0.3 is 5.97 Å². The molecule has 0 aliphatic carbocycles. The van der Waals surface area contributed by atoms with E-state index in [2.05, 4.69) is 5.32 Å². The van der Waals surface area contributed by atoms with Gasteiger partial charge in [-0.05, 0) is 18.1 Å². The highest BCUT2D eigenvalue weighted by atomic mass is 35.5. The smallest absolute Gasteiger partial charge is 0.323 e. The summed E-state index contributed by atoms with van der Waals surface area (Å²) < 4.78 is 5.28. The highest BCUT2D eigenvalue weighted by molar-refractivity contribution is 5.85. The van der Waals surface area contributed by atoms with Crippen LogP contribution in [0, 0.1) is 0 Å². The second-order valence-corrected chi connectivity index (χ2v) is 4.68. The molecule has 0 radical (unpaired) electrons. The lowest BCUT2D eigenvalue weighted by molar-refractivity contribution is -0.147. The molecular weight excluding hydrogens is 286 g/mol. The summed E-state index contributed by atoms with van der Waals surface area (Å²) in [4.78, 5) is 11.9. The van der Waals surface area contributed by atoms with Crippen molar-refractivity contribution in [2.75, 3.05) is 0 Å². The van der Waals surface area contributed by atoms with Gasteiger partial charge in [0.15, 0.2) is 0 Å². The number of carbonyl (C=O) groups excluding carboxylic acids is 1. The van der Waals surface area contributed by atoms with E-state index in [9.17, 15) is 4.79 Å². The van der Waals surface area contributed by atoms with Gasteiger partial charge in [-0.2, -0.15) is 0 Å². The first-order valence-electron chi connectivity index (χ1n) is 6.73. The van der Waals surface area contributed by atoms with E-state index in [0.29, 0.717) is 13.2 Å². The molecule has 2 aromatic rings. The fourth-order valence-electron chi connectivity index (χ4n) is 1.80. The fourth-order valence-corrected chi connectivity index (χ4v) is 1.80. The molecule has 0 aliphatic rings. The summed E-state index contributed by atoms with van der Waals surface area (Å²) in [5.41, 5.74) is 2.14. The molecule has 0 amide bonds. The molecule has 0 unspecified atom stereocenters. The summed E-state index contributed by atoms with van der Waals surface area (Å²) in [6.07, 6.45) is 0. The maximum Gasteiger partial charge on any atom is 0.323 e. The SMILES string of the molecule is C[C@@H](NCc1ccccc1)C(=O)OCc1ccccc1.Cl. The molecule has 0 aromatic heterocycles. The van der Waals surface area contributed by atoms with Crippen molar-refractivity contribution in [1.29, 1.82) is 0 Å².